The van der Waals surface area contributed by atoms with Crippen LogP contribution in [0.4, 0.5) is 0 Å². The van der Waals surface area contributed by atoms with Crippen molar-refractivity contribution in [2.75, 3.05) is 0 Å². The van der Waals surface area contributed by atoms with Crippen molar-refractivity contribution in [3.8, 4) is 0 Å². The third-order valence-corrected chi connectivity index (χ3v) is 3.69. The van der Waals surface area contributed by atoms with E-state index in [1.165, 1.54) is 10.3 Å². The number of aromatic nitrogens is 2. The minimum atomic E-state index is -0.232. The van der Waals surface area contributed by atoms with E-state index in [9.17, 15) is 9.59 Å². The van der Waals surface area contributed by atoms with Crippen molar-refractivity contribution in [1.82, 2.24) is 8.96 Å². The highest BCUT2D eigenvalue weighted by Gasteiger charge is 2.10. The molecule has 1 aromatic heterocycles. The van der Waals surface area contributed by atoms with Gasteiger partial charge in [-0.1, -0.05) is 42.5 Å². The number of hydrogen-bond donors (Lipinski definition) is 0. The van der Waals surface area contributed by atoms with E-state index < -0.39 is 0 Å². The molecule has 0 aliphatic carbocycles. The second-order valence-corrected chi connectivity index (χ2v) is 5.08. The number of carbonyl (C=O) groups is 1. The van der Waals surface area contributed by atoms with Gasteiger partial charge in [-0.3, -0.25) is 9.59 Å². The van der Waals surface area contributed by atoms with Gasteiger partial charge in [-0.25, -0.2) is 8.96 Å². The lowest BCUT2D eigenvalue weighted by Crippen LogP contribution is -2.17. The van der Waals surface area contributed by atoms with Crippen molar-refractivity contribution >= 4 is 28.0 Å². The summed E-state index contributed by atoms with van der Waals surface area (Å²) >= 11 is 0.841. The Labute approximate surface area is 119 Å². The van der Waals surface area contributed by atoms with Gasteiger partial charge in [-0.2, -0.15) is 0 Å². The molecular weight excluding hydrogens is 272 g/mol. The van der Waals surface area contributed by atoms with Crippen molar-refractivity contribution in [3.05, 3.63) is 76.8 Å². The first-order chi connectivity index (χ1) is 9.75. The second kappa shape index (κ2) is 5.30. The van der Waals surface area contributed by atoms with Crippen molar-refractivity contribution < 1.29 is 4.79 Å². The van der Waals surface area contributed by atoms with E-state index in [1.54, 1.807) is 42.5 Å². The molecule has 20 heavy (non-hydrogen) atoms. The molecule has 0 unspecified atom stereocenters. The van der Waals surface area contributed by atoms with Crippen LogP contribution in [0.3, 0.4) is 0 Å². The summed E-state index contributed by atoms with van der Waals surface area (Å²) in [5.41, 5.74) is 0.948. The van der Waals surface area contributed by atoms with Crippen LogP contribution < -0.4 is 5.56 Å². The highest BCUT2D eigenvalue weighted by atomic mass is 32.2. The molecule has 0 N–H and O–H groups in total. The molecular formula is C15H10N2O2S. The minimum Gasteiger partial charge on any atom is -0.280 e. The van der Waals surface area contributed by atoms with Gasteiger partial charge in [-0.05, 0) is 12.1 Å². The summed E-state index contributed by atoms with van der Waals surface area (Å²) in [4.78, 5) is 28.5. The number of carbonyl (C=O) groups excluding carboxylic acids is 1. The summed E-state index contributed by atoms with van der Waals surface area (Å²) in [6.07, 6.45) is 1.39. The number of benzene rings is 2. The molecule has 0 saturated carbocycles. The molecule has 2 aromatic carbocycles. The fraction of sp³-hybridized carbons (Fsp3) is 0. The van der Waals surface area contributed by atoms with E-state index in [1.807, 2.05) is 12.1 Å². The second-order valence-electron chi connectivity index (χ2n) is 4.14. The van der Waals surface area contributed by atoms with Crippen LogP contribution in [0.15, 0.2) is 65.7 Å². The topological polar surface area (TPSA) is 52.0 Å². The SMILES string of the molecule is O=C(Sn1cnc2ccccc2c1=O)c1ccccc1. The fourth-order valence-corrected chi connectivity index (χ4v) is 2.53. The summed E-state index contributed by atoms with van der Waals surface area (Å²) in [5, 5.41) is 0.313. The maximum atomic E-state index is 12.2. The Morgan fingerprint density at radius 2 is 1.70 bits per heavy atom. The minimum absolute atomic E-state index is 0.190. The zero-order valence-corrected chi connectivity index (χ0v) is 11.2. The summed E-state index contributed by atoms with van der Waals surface area (Å²) in [5.74, 6) is 0. The van der Waals surface area contributed by atoms with Crippen LogP contribution in [0.5, 0.6) is 0 Å². The quantitative estimate of drug-likeness (QED) is 0.725. The van der Waals surface area contributed by atoms with E-state index in [2.05, 4.69) is 4.98 Å². The molecule has 0 aliphatic heterocycles. The lowest BCUT2D eigenvalue weighted by atomic mass is 10.2. The van der Waals surface area contributed by atoms with E-state index in [4.69, 9.17) is 0 Å². The average molecular weight is 282 g/mol. The molecule has 0 fully saturated rings. The van der Waals surface area contributed by atoms with Crippen LogP contribution in [-0.4, -0.2) is 14.1 Å². The standard InChI is InChI=1S/C15H10N2O2S/c18-14-12-8-4-5-9-13(12)16-10-17(14)20-15(19)11-6-2-1-3-7-11/h1-10H. The predicted molar refractivity (Wildman–Crippen MR) is 79.8 cm³/mol. The van der Waals surface area contributed by atoms with Crippen molar-refractivity contribution in [1.29, 1.82) is 0 Å². The molecule has 0 amide bonds. The Morgan fingerprint density at radius 1 is 1.00 bits per heavy atom. The molecule has 3 rings (SSSR count). The first-order valence-electron chi connectivity index (χ1n) is 6.00. The Hall–Kier alpha value is -2.40. The smallest absolute Gasteiger partial charge is 0.271 e. The van der Waals surface area contributed by atoms with Crippen molar-refractivity contribution in [2.24, 2.45) is 0 Å². The Kier molecular flexibility index (Phi) is 3.35. The van der Waals surface area contributed by atoms with E-state index in [-0.39, 0.29) is 10.7 Å². The van der Waals surface area contributed by atoms with Crippen LogP contribution in [0.25, 0.3) is 10.9 Å². The van der Waals surface area contributed by atoms with E-state index in [0.29, 0.717) is 16.5 Å². The molecule has 1 heterocycles. The summed E-state index contributed by atoms with van der Waals surface area (Å²) < 4.78 is 1.26. The Balaban J connectivity index is 1.98. The van der Waals surface area contributed by atoms with Gasteiger partial charge in [0.2, 0.25) is 5.12 Å². The fourth-order valence-electron chi connectivity index (χ4n) is 1.83. The van der Waals surface area contributed by atoms with Crippen LogP contribution in [0.1, 0.15) is 10.4 Å². The maximum absolute atomic E-state index is 12.2. The Bertz CT molecular complexity index is 828. The zero-order chi connectivity index (χ0) is 13.9. The number of nitrogens with zero attached hydrogens (tertiary/aromatic N) is 2. The molecule has 3 aromatic rings. The van der Waals surface area contributed by atoms with Gasteiger partial charge in [0.1, 0.15) is 6.33 Å². The van der Waals surface area contributed by atoms with Gasteiger partial charge in [0, 0.05) is 17.5 Å². The molecule has 0 atom stereocenters. The number of para-hydroxylation sites is 1. The molecule has 0 bridgehead atoms. The van der Waals surface area contributed by atoms with Gasteiger partial charge in [0.15, 0.2) is 0 Å². The van der Waals surface area contributed by atoms with Crippen molar-refractivity contribution in [3.63, 3.8) is 0 Å². The van der Waals surface area contributed by atoms with Crippen LogP contribution >= 0.6 is 11.9 Å². The molecule has 5 heteroatoms. The molecule has 0 aliphatic rings. The van der Waals surface area contributed by atoms with Crippen molar-refractivity contribution in [2.45, 2.75) is 0 Å². The van der Waals surface area contributed by atoms with Crippen LogP contribution in [0, 0.1) is 0 Å². The molecule has 0 radical (unpaired) electrons. The highest BCUT2D eigenvalue weighted by Crippen LogP contribution is 2.14. The van der Waals surface area contributed by atoms with Gasteiger partial charge in [0.25, 0.3) is 5.56 Å². The third-order valence-electron chi connectivity index (χ3n) is 2.83. The summed E-state index contributed by atoms with van der Waals surface area (Å²) in [7, 11) is 0. The summed E-state index contributed by atoms with van der Waals surface area (Å²) in [6, 6.07) is 15.9. The lowest BCUT2D eigenvalue weighted by Gasteiger charge is -2.04. The number of rotatable bonds is 2. The zero-order valence-electron chi connectivity index (χ0n) is 10.4. The molecule has 0 saturated heterocycles. The van der Waals surface area contributed by atoms with Gasteiger partial charge < -0.3 is 0 Å². The first-order valence-corrected chi connectivity index (χ1v) is 6.77. The van der Waals surface area contributed by atoms with Gasteiger partial charge >= 0.3 is 0 Å². The van der Waals surface area contributed by atoms with E-state index >= 15 is 0 Å². The monoisotopic (exact) mass is 282 g/mol. The molecule has 0 spiro atoms. The van der Waals surface area contributed by atoms with Gasteiger partial charge in [-0.15, -0.1) is 0 Å². The van der Waals surface area contributed by atoms with E-state index in [0.717, 1.165) is 11.9 Å². The average Bonchev–Trinajstić information content (AvgIpc) is 2.51. The Morgan fingerprint density at radius 3 is 2.50 bits per heavy atom. The molecule has 4 nitrogen and oxygen atoms in total. The molecule has 98 valence electrons. The highest BCUT2D eigenvalue weighted by molar-refractivity contribution is 8.12. The maximum Gasteiger partial charge on any atom is 0.271 e. The number of hydrogen-bond acceptors (Lipinski definition) is 4. The lowest BCUT2D eigenvalue weighted by molar-refractivity contribution is 0.108. The van der Waals surface area contributed by atoms with Crippen LogP contribution in [0.2, 0.25) is 0 Å². The van der Waals surface area contributed by atoms with Crippen LogP contribution in [-0.2, 0) is 0 Å². The van der Waals surface area contributed by atoms with Gasteiger partial charge in [0.05, 0.1) is 10.9 Å². The summed E-state index contributed by atoms with van der Waals surface area (Å²) in [6.45, 7) is 0. The third kappa shape index (κ3) is 2.35. The normalized spacial score (nSPS) is 10.6. The first kappa shape index (κ1) is 12.6. The number of fused-ring (bicyclic) bond motifs is 1. The largest absolute Gasteiger partial charge is 0.280 e. The predicted octanol–water partition coefficient (Wildman–Crippen LogP) is 2.73.